The molecular weight excluding hydrogens is 262 g/mol. The molecule has 3 heteroatoms. The SMILES string of the molecule is CCCOc1ccc(C(O)C2(C#N)CCC(CC)C2)cc1. The lowest BCUT2D eigenvalue weighted by atomic mass is 9.78. The molecule has 0 radical (unpaired) electrons. The zero-order valence-electron chi connectivity index (χ0n) is 13.0. The van der Waals surface area contributed by atoms with Gasteiger partial charge in [-0.1, -0.05) is 32.4 Å². The molecule has 1 aromatic carbocycles. The van der Waals surface area contributed by atoms with Crippen LogP contribution < -0.4 is 4.74 Å². The number of nitrogens with zero attached hydrogens (tertiary/aromatic N) is 1. The van der Waals surface area contributed by atoms with Crippen LogP contribution >= 0.6 is 0 Å². The highest BCUT2D eigenvalue weighted by Gasteiger charge is 2.45. The molecule has 1 N–H and O–H groups in total. The lowest BCUT2D eigenvalue weighted by molar-refractivity contribution is 0.0640. The second kappa shape index (κ2) is 6.95. The monoisotopic (exact) mass is 287 g/mol. The van der Waals surface area contributed by atoms with Crippen molar-refractivity contribution in [3.63, 3.8) is 0 Å². The Morgan fingerprint density at radius 2 is 2.10 bits per heavy atom. The summed E-state index contributed by atoms with van der Waals surface area (Å²) in [5.74, 6) is 1.38. The Morgan fingerprint density at radius 1 is 1.38 bits per heavy atom. The van der Waals surface area contributed by atoms with Crippen LogP contribution in [0.15, 0.2) is 24.3 Å². The van der Waals surface area contributed by atoms with Crippen molar-refractivity contribution >= 4 is 0 Å². The smallest absolute Gasteiger partial charge is 0.119 e. The summed E-state index contributed by atoms with van der Waals surface area (Å²) in [6.07, 6.45) is 3.98. The van der Waals surface area contributed by atoms with E-state index in [9.17, 15) is 10.4 Å². The fourth-order valence-electron chi connectivity index (χ4n) is 3.23. The van der Waals surface area contributed by atoms with Gasteiger partial charge in [0.2, 0.25) is 0 Å². The third-order valence-corrected chi connectivity index (χ3v) is 4.64. The van der Waals surface area contributed by atoms with Crippen LogP contribution in [0, 0.1) is 22.7 Å². The van der Waals surface area contributed by atoms with E-state index in [0.29, 0.717) is 12.5 Å². The maximum absolute atomic E-state index is 10.7. The lowest BCUT2D eigenvalue weighted by Gasteiger charge is -2.28. The predicted molar refractivity (Wildman–Crippen MR) is 82.9 cm³/mol. The number of benzene rings is 1. The van der Waals surface area contributed by atoms with Crippen molar-refractivity contribution in [3.8, 4) is 11.8 Å². The van der Waals surface area contributed by atoms with E-state index < -0.39 is 11.5 Å². The van der Waals surface area contributed by atoms with Gasteiger partial charge in [-0.3, -0.25) is 0 Å². The van der Waals surface area contributed by atoms with E-state index in [0.717, 1.165) is 43.4 Å². The molecule has 0 spiro atoms. The summed E-state index contributed by atoms with van der Waals surface area (Å²) in [6, 6.07) is 9.93. The first kappa shape index (κ1) is 15.9. The van der Waals surface area contributed by atoms with Gasteiger partial charge in [0.05, 0.1) is 24.2 Å². The average molecular weight is 287 g/mol. The van der Waals surface area contributed by atoms with Crippen LogP contribution in [0.2, 0.25) is 0 Å². The number of ether oxygens (including phenoxy) is 1. The summed E-state index contributed by atoms with van der Waals surface area (Å²) in [7, 11) is 0. The van der Waals surface area contributed by atoms with E-state index in [-0.39, 0.29) is 0 Å². The summed E-state index contributed by atoms with van der Waals surface area (Å²) >= 11 is 0. The molecular formula is C18H25NO2. The quantitative estimate of drug-likeness (QED) is 0.852. The Balaban J connectivity index is 2.11. The van der Waals surface area contributed by atoms with Gasteiger partial charge in [-0.15, -0.1) is 0 Å². The molecule has 21 heavy (non-hydrogen) atoms. The molecule has 3 atom stereocenters. The van der Waals surface area contributed by atoms with Gasteiger partial charge in [0.15, 0.2) is 0 Å². The minimum atomic E-state index is -0.709. The molecule has 1 aromatic rings. The number of hydrogen-bond donors (Lipinski definition) is 1. The Hall–Kier alpha value is -1.53. The first-order valence-corrected chi connectivity index (χ1v) is 7.97. The molecule has 0 saturated heterocycles. The van der Waals surface area contributed by atoms with Gasteiger partial charge in [-0.25, -0.2) is 0 Å². The van der Waals surface area contributed by atoms with Crippen molar-refractivity contribution in [2.24, 2.45) is 11.3 Å². The van der Waals surface area contributed by atoms with Gasteiger partial charge in [0, 0.05) is 0 Å². The minimum Gasteiger partial charge on any atom is -0.494 e. The van der Waals surface area contributed by atoms with Crippen molar-refractivity contribution < 1.29 is 9.84 Å². The molecule has 2 rings (SSSR count). The molecule has 3 nitrogen and oxygen atoms in total. The zero-order valence-corrected chi connectivity index (χ0v) is 13.0. The van der Waals surface area contributed by atoms with Crippen molar-refractivity contribution in [2.75, 3.05) is 6.61 Å². The van der Waals surface area contributed by atoms with Crippen LogP contribution in [0.25, 0.3) is 0 Å². The van der Waals surface area contributed by atoms with Crippen molar-refractivity contribution in [3.05, 3.63) is 29.8 Å². The molecule has 0 aliphatic heterocycles. The highest BCUT2D eigenvalue weighted by molar-refractivity contribution is 5.31. The van der Waals surface area contributed by atoms with Crippen molar-refractivity contribution in [1.29, 1.82) is 5.26 Å². The molecule has 1 aliphatic rings. The van der Waals surface area contributed by atoms with Crippen LogP contribution in [-0.2, 0) is 0 Å². The van der Waals surface area contributed by atoms with E-state index in [4.69, 9.17) is 4.74 Å². The summed E-state index contributed by atoms with van der Waals surface area (Å²) in [5, 5.41) is 20.3. The normalized spacial score (nSPS) is 26.3. The molecule has 1 saturated carbocycles. The summed E-state index contributed by atoms with van der Waals surface area (Å²) < 4.78 is 5.55. The van der Waals surface area contributed by atoms with Crippen LogP contribution in [0.3, 0.4) is 0 Å². The van der Waals surface area contributed by atoms with Gasteiger partial charge in [-0.2, -0.15) is 5.26 Å². The van der Waals surface area contributed by atoms with Gasteiger partial charge in [0.1, 0.15) is 5.75 Å². The highest BCUT2D eigenvalue weighted by Crippen LogP contribution is 2.50. The Kier molecular flexibility index (Phi) is 5.25. The van der Waals surface area contributed by atoms with E-state index in [2.05, 4.69) is 19.9 Å². The Labute approximate surface area is 127 Å². The summed E-state index contributed by atoms with van der Waals surface area (Å²) in [6.45, 7) is 4.92. The molecule has 0 aromatic heterocycles. The maximum Gasteiger partial charge on any atom is 0.119 e. The number of nitriles is 1. The Morgan fingerprint density at radius 3 is 2.62 bits per heavy atom. The maximum atomic E-state index is 10.7. The average Bonchev–Trinajstić information content (AvgIpc) is 2.97. The topological polar surface area (TPSA) is 53.2 Å². The van der Waals surface area contributed by atoms with Gasteiger partial charge >= 0.3 is 0 Å². The van der Waals surface area contributed by atoms with E-state index in [1.165, 1.54) is 0 Å². The molecule has 0 amide bonds. The molecule has 3 unspecified atom stereocenters. The predicted octanol–water partition coefficient (Wildman–Crippen LogP) is 4.23. The fourth-order valence-corrected chi connectivity index (χ4v) is 3.23. The van der Waals surface area contributed by atoms with E-state index in [1.54, 1.807) is 0 Å². The van der Waals surface area contributed by atoms with E-state index >= 15 is 0 Å². The standard InChI is InChI=1S/C18H25NO2/c1-3-11-21-16-7-5-15(6-8-16)17(20)18(13-19)10-9-14(4-2)12-18/h5-8,14,17,20H,3-4,9-12H2,1-2H3. The molecule has 1 aliphatic carbocycles. The molecule has 0 bridgehead atoms. The van der Waals surface area contributed by atoms with Crippen LogP contribution in [0.1, 0.15) is 57.6 Å². The zero-order chi connectivity index (χ0) is 15.3. The number of aliphatic hydroxyl groups excluding tert-OH is 1. The fraction of sp³-hybridized carbons (Fsp3) is 0.611. The molecule has 0 heterocycles. The Bertz CT molecular complexity index is 491. The largest absolute Gasteiger partial charge is 0.494 e. The number of rotatable bonds is 6. The second-order valence-corrected chi connectivity index (χ2v) is 6.11. The third kappa shape index (κ3) is 3.39. The molecule has 1 fully saturated rings. The van der Waals surface area contributed by atoms with Gasteiger partial charge in [0.25, 0.3) is 0 Å². The van der Waals surface area contributed by atoms with Crippen LogP contribution in [0.5, 0.6) is 5.75 Å². The first-order valence-electron chi connectivity index (χ1n) is 7.97. The lowest BCUT2D eigenvalue weighted by Crippen LogP contribution is -2.24. The van der Waals surface area contributed by atoms with Gasteiger partial charge in [-0.05, 0) is 49.3 Å². The van der Waals surface area contributed by atoms with Crippen molar-refractivity contribution in [1.82, 2.24) is 0 Å². The number of aliphatic hydroxyl groups is 1. The summed E-state index contributed by atoms with van der Waals surface area (Å²) in [5.41, 5.74) is 0.198. The molecule has 114 valence electrons. The van der Waals surface area contributed by atoms with Gasteiger partial charge < -0.3 is 9.84 Å². The first-order chi connectivity index (χ1) is 10.1. The third-order valence-electron chi connectivity index (χ3n) is 4.64. The van der Waals surface area contributed by atoms with E-state index in [1.807, 2.05) is 24.3 Å². The van der Waals surface area contributed by atoms with Crippen LogP contribution in [-0.4, -0.2) is 11.7 Å². The summed E-state index contributed by atoms with van der Waals surface area (Å²) in [4.78, 5) is 0. The van der Waals surface area contributed by atoms with Crippen LogP contribution in [0.4, 0.5) is 0 Å². The minimum absolute atomic E-state index is 0.562. The second-order valence-electron chi connectivity index (χ2n) is 6.11. The van der Waals surface area contributed by atoms with Crippen molar-refractivity contribution in [2.45, 2.75) is 52.1 Å². The number of hydrogen-bond acceptors (Lipinski definition) is 3. The highest BCUT2D eigenvalue weighted by atomic mass is 16.5.